The maximum Gasteiger partial charge on any atom is 0.316 e. The lowest BCUT2D eigenvalue weighted by Crippen LogP contribution is -2.18. The molecule has 0 saturated carbocycles. The molecule has 1 fully saturated rings. The van der Waals surface area contributed by atoms with Gasteiger partial charge in [-0.1, -0.05) is 6.92 Å². The molecule has 1 unspecified atom stereocenters. The molecule has 1 aromatic heterocycles. The molecule has 1 N–H and O–H groups in total. The standard InChI is InChI=1S/C13H21N3O2/c1-3-14-7-11-8-15-13(16-10(11)2)18-9-12-5-4-6-17-12/h8,12,14H,3-7,9H2,1-2H3. The van der Waals surface area contributed by atoms with Crippen molar-refractivity contribution in [3.05, 3.63) is 17.5 Å². The van der Waals surface area contributed by atoms with Crippen LogP contribution in [-0.2, 0) is 11.3 Å². The van der Waals surface area contributed by atoms with Gasteiger partial charge in [0.25, 0.3) is 0 Å². The van der Waals surface area contributed by atoms with Crippen LogP contribution in [0.1, 0.15) is 31.0 Å². The second-order valence-electron chi connectivity index (χ2n) is 4.49. The Kier molecular flexibility index (Phi) is 4.90. The maximum atomic E-state index is 5.56. The van der Waals surface area contributed by atoms with Crippen LogP contribution in [0.15, 0.2) is 6.20 Å². The molecular formula is C13H21N3O2. The van der Waals surface area contributed by atoms with E-state index in [0.717, 1.165) is 43.8 Å². The Hall–Kier alpha value is -1.20. The van der Waals surface area contributed by atoms with Crippen molar-refractivity contribution < 1.29 is 9.47 Å². The van der Waals surface area contributed by atoms with Crippen LogP contribution in [0.2, 0.25) is 0 Å². The Balaban J connectivity index is 1.87. The van der Waals surface area contributed by atoms with Crippen molar-refractivity contribution in [3.63, 3.8) is 0 Å². The fraction of sp³-hybridized carbons (Fsp3) is 0.692. The molecule has 0 amide bonds. The highest BCUT2D eigenvalue weighted by Gasteiger charge is 2.16. The van der Waals surface area contributed by atoms with E-state index in [9.17, 15) is 0 Å². The lowest BCUT2D eigenvalue weighted by molar-refractivity contribution is 0.0644. The smallest absolute Gasteiger partial charge is 0.316 e. The number of nitrogens with one attached hydrogen (secondary N) is 1. The Morgan fingerprint density at radius 3 is 3.11 bits per heavy atom. The van der Waals surface area contributed by atoms with Gasteiger partial charge in [-0.05, 0) is 26.3 Å². The number of hydrogen-bond donors (Lipinski definition) is 1. The van der Waals surface area contributed by atoms with E-state index < -0.39 is 0 Å². The molecule has 100 valence electrons. The predicted octanol–water partition coefficient (Wildman–Crippen LogP) is 1.45. The fourth-order valence-electron chi connectivity index (χ4n) is 1.92. The van der Waals surface area contributed by atoms with Crippen LogP contribution < -0.4 is 10.1 Å². The molecule has 5 heteroatoms. The molecular weight excluding hydrogens is 230 g/mol. The number of ether oxygens (including phenoxy) is 2. The highest BCUT2D eigenvalue weighted by molar-refractivity contribution is 5.17. The zero-order chi connectivity index (χ0) is 12.8. The van der Waals surface area contributed by atoms with Crippen LogP contribution >= 0.6 is 0 Å². The van der Waals surface area contributed by atoms with Gasteiger partial charge >= 0.3 is 6.01 Å². The number of aryl methyl sites for hydroxylation is 1. The average Bonchev–Trinajstić information content (AvgIpc) is 2.88. The lowest BCUT2D eigenvalue weighted by Gasteiger charge is -2.11. The fourth-order valence-corrected chi connectivity index (χ4v) is 1.92. The lowest BCUT2D eigenvalue weighted by atomic mass is 10.2. The van der Waals surface area contributed by atoms with E-state index in [1.54, 1.807) is 0 Å². The number of nitrogens with zero attached hydrogens (tertiary/aromatic N) is 2. The second kappa shape index (κ2) is 6.66. The van der Waals surface area contributed by atoms with Gasteiger partial charge in [0.2, 0.25) is 0 Å². The third-order valence-corrected chi connectivity index (χ3v) is 3.05. The summed E-state index contributed by atoms with van der Waals surface area (Å²) in [6.07, 6.45) is 4.22. The molecule has 0 bridgehead atoms. The Bertz CT molecular complexity index is 378. The largest absolute Gasteiger partial charge is 0.461 e. The quantitative estimate of drug-likeness (QED) is 0.829. The molecule has 0 radical (unpaired) electrons. The summed E-state index contributed by atoms with van der Waals surface area (Å²) in [5.41, 5.74) is 2.08. The van der Waals surface area contributed by atoms with Gasteiger partial charge in [0.1, 0.15) is 6.61 Å². The van der Waals surface area contributed by atoms with Crippen molar-refractivity contribution in [1.82, 2.24) is 15.3 Å². The molecule has 2 heterocycles. The zero-order valence-corrected chi connectivity index (χ0v) is 11.1. The summed E-state index contributed by atoms with van der Waals surface area (Å²) in [7, 11) is 0. The van der Waals surface area contributed by atoms with Gasteiger partial charge in [0.05, 0.1) is 6.10 Å². The van der Waals surface area contributed by atoms with Crippen molar-refractivity contribution in [3.8, 4) is 6.01 Å². The molecule has 18 heavy (non-hydrogen) atoms. The minimum Gasteiger partial charge on any atom is -0.461 e. The summed E-state index contributed by atoms with van der Waals surface area (Å²) in [5, 5.41) is 3.26. The number of rotatable bonds is 6. The first-order valence-electron chi connectivity index (χ1n) is 6.57. The summed E-state index contributed by atoms with van der Waals surface area (Å²) in [6.45, 7) is 7.19. The molecule has 2 rings (SSSR count). The minimum absolute atomic E-state index is 0.204. The maximum absolute atomic E-state index is 5.56. The van der Waals surface area contributed by atoms with Gasteiger partial charge in [0, 0.05) is 30.6 Å². The zero-order valence-electron chi connectivity index (χ0n) is 11.1. The summed E-state index contributed by atoms with van der Waals surface area (Å²) in [4.78, 5) is 8.58. The van der Waals surface area contributed by atoms with Crippen LogP contribution in [0, 0.1) is 6.92 Å². The van der Waals surface area contributed by atoms with Crippen LogP contribution in [0.3, 0.4) is 0 Å². The highest BCUT2D eigenvalue weighted by atomic mass is 16.5. The monoisotopic (exact) mass is 251 g/mol. The Morgan fingerprint density at radius 2 is 2.44 bits per heavy atom. The van der Waals surface area contributed by atoms with Gasteiger partial charge in [-0.15, -0.1) is 0 Å². The molecule has 1 saturated heterocycles. The van der Waals surface area contributed by atoms with Gasteiger partial charge in [-0.3, -0.25) is 0 Å². The van der Waals surface area contributed by atoms with Crippen molar-refractivity contribution in [2.75, 3.05) is 19.8 Å². The molecule has 0 spiro atoms. The van der Waals surface area contributed by atoms with Crippen LogP contribution in [0.4, 0.5) is 0 Å². The van der Waals surface area contributed by atoms with E-state index in [4.69, 9.17) is 9.47 Å². The molecule has 5 nitrogen and oxygen atoms in total. The van der Waals surface area contributed by atoms with E-state index in [1.165, 1.54) is 0 Å². The van der Waals surface area contributed by atoms with Gasteiger partial charge in [0.15, 0.2) is 0 Å². The van der Waals surface area contributed by atoms with Gasteiger partial charge < -0.3 is 14.8 Å². The number of aromatic nitrogens is 2. The van der Waals surface area contributed by atoms with Gasteiger partial charge in [-0.25, -0.2) is 9.97 Å². The third-order valence-electron chi connectivity index (χ3n) is 3.05. The van der Waals surface area contributed by atoms with Gasteiger partial charge in [-0.2, -0.15) is 0 Å². The topological polar surface area (TPSA) is 56.3 Å². The SMILES string of the molecule is CCNCc1cnc(OCC2CCCO2)nc1C. The normalized spacial score (nSPS) is 19.1. The molecule has 1 aliphatic rings. The molecule has 0 aliphatic carbocycles. The van der Waals surface area contributed by atoms with Crippen LogP contribution in [0.25, 0.3) is 0 Å². The van der Waals surface area contributed by atoms with E-state index in [1.807, 2.05) is 13.1 Å². The second-order valence-corrected chi connectivity index (χ2v) is 4.49. The number of hydrogen-bond acceptors (Lipinski definition) is 5. The van der Waals surface area contributed by atoms with Crippen molar-refractivity contribution in [2.45, 2.75) is 39.3 Å². The molecule has 1 aromatic rings. The van der Waals surface area contributed by atoms with E-state index in [2.05, 4.69) is 22.2 Å². The average molecular weight is 251 g/mol. The minimum atomic E-state index is 0.204. The van der Waals surface area contributed by atoms with Crippen molar-refractivity contribution in [2.24, 2.45) is 0 Å². The van der Waals surface area contributed by atoms with E-state index in [-0.39, 0.29) is 6.10 Å². The summed E-state index contributed by atoms with van der Waals surface area (Å²) in [6, 6.07) is 0.447. The first-order valence-corrected chi connectivity index (χ1v) is 6.57. The van der Waals surface area contributed by atoms with Crippen molar-refractivity contribution in [1.29, 1.82) is 0 Å². The van der Waals surface area contributed by atoms with Crippen molar-refractivity contribution >= 4 is 0 Å². The predicted molar refractivity (Wildman–Crippen MR) is 68.6 cm³/mol. The first kappa shape index (κ1) is 13.2. The van der Waals surface area contributed by atoms with Crippen LogP contribution in [0.5, 0.6) is 6.01 Å². The Morgan fingerprint density at radius 1 is 1.56 bits per heavy atom. The first-order chi connectivity index (χ1) is 8.79. The van der Waals surface area contributed by atoms with E-state index in [0.29, 0.717) is 12.6 Å². The Labute approximate surface area is 108 Å². The van der Waals surface area contributed by atoms with Crippen LogP contribution in [-0.4, -0.2) is 35.8 Å². The summed E-state index contributed by atoms with van der Waals surface area (Å²) < 4.78 is 11.1. The van der Waals surface area contributed by atoms with E-state index >= 15 is 0 Å². The highest BCUT2D eigenvalue weighted by Crippen LogP contribution is 2.14. The molecule has 1 atom stereocenters. The third kappa shape index (κ3) is 3.65. The summed E-state index contributed by atoms with van der Waals surface area (Å²) in [5.74, 6) is 0. The summed E-state index contributed by atoms with van der Waals surface area (Å²) >= 11 is 0. The molecule has 0 aromatic carbocycles. The molecule has 1 aliphatic heterocycles.